The smallest absolute Gasteiger partial charge is 0.119 e. The number of rotatable bonds is 7. The molecule has 0 aliphatic heterocycles. The van der Waals surface area contributed by atoms with Crippen molar-refractivity contribution in [3.63, 3.8) is 0 Å². The van der Waals surface area contributed by atoms with Crippen molar-refractivity contribution < 1.29 is 4.74 Å². The van der Waals surface area contributed by atoms with Gasteiger partial charge in [-0.25, -0.2) is 0 Å². The number of nitriles is 1. The van der Waals surface area contributed by atoms with Crippen molar-refractivity contribution in [2.24, 2.45) is 0 Å². The Morgan fingerprint density at radius 2 is 1.94 bits per heavy atom. The summed E-state index contributed by atoms with van der Waals surface area (Å²) in [5.41, 5.74) is 0.666. The van der Waals surface area contributed by atoms with Crippen LogP contribution >= 0.6 is 0 Å². The van der Waals surface area contributed by atoms with Crippen molar-refractivity contribution in [3.05, 3.63) is 29.8 Å². The first-order valence-corrected chi connectivity index (χ1v) is 6.54. The van der Waals surface area contributed by atoms with Crippen LogP contribution in [-0.2, 0) is 0 Å². The second-order valence-electron chi connectivity index (χ2n) is 4.56. The number of hydrogen-bond donors (Lipinski definition) is 0. The average molecular weight is 246 g/mol. The molecule has 0 aliphatic carbocycles. The summed E-state index contributed by atoms with van der Waals surface area (Å²) in [6.45, 7) is 9.46. The van der Waals surface area contributed by atoms with Crippen LogP contribution in [0.5, 0.6) is 5.75 Å². The van der Waals surface area contributed by atoms with Crippen LogP contribution in [0.4, 0.5) is 0 Å². The maximum atomic E-state index is 8.69. The van der Waals surface area contributed by atoms with Crippen LogP contribution in [-0.4, -0.2) is 30.6 Å². The third-order valence-electron chi connectivity index (χ3n) is 2.98. The zero-order valence-corrected chi connectivity index (χ0v) is 11.5. The van der Waals surface area contributed by atoms with E-state index in [4.69, 9.17) is 10.00 Å². The highest BCUT2D eigenvalue weighted by Gasteiger charge is 2.05. The van der Waals surface area contributed by atoms with Crippen LogP contribution < -0.4 is 4.74 Å². The molecule has 98 valence electrons. The molecular formula is C15H22N2O. The molecule has 3 nitrogen and oxygen atoms in total. The third kappa shape index (κ3) is 4.77. The van der Waals surface area contributed by atoms with Gasteiger partial charge in [0.15, 0.2) is 0 Å². The van der Waals surface area contributed by atoms with Crippen molar-refractivity contribution in [3.8, 4) is 11.8 Å². The van der Waals surface area contributed by atoms with E-state index < -0.39 is 0 Å². The molecule has 1 rings (SSSR count). The number of hydrogen-bond acceptors (Lipinski definition) is 3. The SMILES string of the molecule is CCN(CCCOc1ccc(C#N)cc1)C(C)C. The quantitative estimate of drug-likeness (QED) is 0.694. The molecule has 0 bridgehead atoms. The Labute approximate surface area is 110 Å². The maximum Gasteiger partial charge on any atom is 0.119 e. The van der Waals surface area contributed by atoms with Gasteiger partial charge in [0.2, 0.25) is 0 Å². The van der Waals surface area contributed by atoms with Gasteiger partial charge in [0.05, 0.1) is 18.2 Å². The molecular weight excluding hydrogens is 224 g/mol. The van der Waals surface area contributed by atoms with Crippen LogP contribution in [0.1, 0.15) is 32.8 Å². The molecule has 1 aromatic rings. The Balaban J connectivity index is 2.27. The molecule has 1 aromatic carbocycles. The van der Waals surface area contributed by atoms with Crippen molar-refractivity contribution in [1.29, 1.82) is 5.26 Å². The van der Waals surface area contributed by atoms with Crippen molar-refractivity contribution >= 4 is 0 Å². The normalized spacial score (nSPS) is 10.7. The number of benzene rings is 1. The molecule has 0 amide bonds. The lowest BCUT2D eigenvalue weighted by atomic mass is 10.2. The first-order valence-electron chi connectivity index (χ1n) is 6.54. The molecule has 0 fully saturated rings. The molecule has 0 saturated carbocycles. The molecule has 0 radical (unpaired) electrons. The van der Waals surface area contributed by atoms with Gasteiger partial charge in [0.25, 0.3) is 0 Å². The Bertz CT molecular complexity index is 378. The van der Waals surface area contributed by atoms with E-state index in [1.54, 1.807) is 12.1 Å². The fourth-order valence-corrected chi connectivity index (χ4v) is 1.86. The summed E-state index contributed by atoms with van der Waals surface area (Å²) in [5.74, 6) is 0.835. The summed E-state index contributed by atoms with van der Waals surface area (Å²) < 4.78 is 5.64. The summed E-state index contributed by atoms with van der Waals surface area (Å²) in [4.78, 5) is 2.42. The van der Waals surface area contributed by atoms with Gasteiger partial charge in [-0.2, -0.15) is 5.26 Å². The van der Waals surface area contributed by atoms with E-state index in [9.17, 15) is 0 Å². The standard InChI is InChI=1S/C15H22N2O/c1-4-17(13(2)3)10-5-11-18-15-8-6-14(12-16)7-9-15/h6-9,13H,4-5,10-11H2,1-3H3. The second kappa shape index (κ2) is 7.73. The van der Waals surface area contributed by atoms with Crippen LogP contribution in [0.25, 0.3) is 0 Å². The summed E-state index contributed by atoms with van der Waals surface area (Å²) in [6.07, 6.45) is 1.02. The van der Waals surface area contributed by atoms with Gasteiger partial charge >= 0.3 is 0 Å². The average Bonchev–Trinajstić information content (AvgIpc) is 2.39. The van der Waals surface area contributed by atoms with Crippen molar-refractivity contribution in [1.82, 2.24) is 4.90 Å². The largest absolute Gasteiger partial charge is 0.494 e. The molecule has 0 N–H and O–H groups in total. The predicted molar refractivity (Wildman–Crippen MR) is 73.7 cm³/mol. The fourth-order valence-electron chi connectivity index (χ4n) is 1.86. The molecule has 18 heavy (non-hydrogen) atoms. The van der Waals surface area contributed by atoms with Gasteiger partial charge in [-0.15, -0.1) is 0 Å². The summed E-state index contributed by atoms with van der Waals surface area (Å²) in [6, 6.07) is 9.93. The lowest BCUT2D eigenvalue weighted by Gasteiger charge is -2.24. The van der Waals surface area contributed by atoms with Gasteiger partial charge in [0, 0.05) is 12.6 Å². The zero-order valence-electron chi connectivity index (χ0n) is 11.5. The lowest BCUT2D eigenvalue weighted by molar-refractivity contribution is 0.207. The molecule has 0 atom stereocenters. The lowest BCUT2D eigenvalue weighted by Crippen LogP contribution is -2.32. The highest BCUT2D eigenvalue weighted by molar-refractivity contribution is 5.34. The van der Waals surface area contributed by atoms with E-state index in [0.717, 1.165) is 31.9 Å². The van der Waals surface area contributed by atoms with Gasteiger partial charge in [-0.3, -0.25) is 0 Å². The Morgan fingerprint density at radius 3 is 2.44 bits per heavy atom. The fraction of sp³-hybridized carbons (Fsp3) is 0.533. The summed E-state index contributed by atoms with van der Waals surface area (Å²) in [7, 11) is 0. The Kier molecular flexibility index (Phi) is 6.24. The molecule has 0 unspecified atom stereocenters. The first-order chi connectivity index (χ1) is 8.67. The predicted octanol–water partition coefficient (Wildman–Crippen LogP) is 3.06. The van der Waals surface area contributed by atoms with Crippen LogP contribution in [0.2, 0.25) is 0 Å². The molecule has 0 aliphatic rings. The Morgan fingerprint density at radius 1 is 1.28 bits per heavy atom. The molecule has 0 heterocycles. The third-order valence-corrected chi connectivity index (χ3v) is 2.98. The molecule has 3 heteroatoms. The minimum absolute atomic E-state index is 0.588. The highest BCUT2D eigenvalue weighted by Crippen LogP contribution is 2.11. The van der Waals surface area contributed by atoms with E-state index in [1.807, 2.05) is 12.1 Å². The van der Waals surface area contributed by atoms with E-state index in [2.05, 4.69) is 31.7 Å². The zero-order chi connectivity index (χ0) is 13.4. The van der Waals surface area contributed by atoms with E-state index in [1.165, 1.54) is 0 Å². The number of nitrogens with zero attached hydrogens (tertiary/aromatic N) is 2. The second-order valence-corrected chi connectivity index (χ2v) is 4.56. The highest BCUT2D eigenvalue weighted by atomic mass is 16.5. The summed E-state index contributed by atoms with van der Waals surface area (Å²) in [5, 5.41) is 8.69. The summed E-state index contributed by atoms with van der Waals surface area (Å²) >= 11 is 0. The topological polar surface area (TPSA) is 36.3 Å². The molecule has 0 saturated heterocycles. The van der Waals surface area contributed by atoms with E-state index >= 15 is 0 Å². The van der Waals surface area contributed by atoms with E-state index in [0.29, 0.717) is 11.6 Å². The maximum absolute atomic E-state index is 8.69. The number of ether oxygens (including phenoxy) is 1. The Hall–Kier alpha value is -1.53. The van der Waals surface area contributed by atoms with Crippen molar-refractivity contribution in [2.75, 3.05) is 19.7 Å². The van der Waals surface area contributed by atoms with Crippen LogP contribution in [0, 0.1) is 11.3 Å². The van der Waals surface area contributed by atoms with Gasteiger partial charge in [-0.1, -0.05) is 6.92 Å². The first kappa shape index (κ1) is 14.5. The van der Waals surface area contributed by atoms with Gasteiger partial charge in [0.1, 0.15) is 5.75 Å². The van der Waals surface area contributed by atoms with E-state index in [-0.39, 0.29) is 0 Å². The molecule has 0 spiro atoms. The van der Waals surface area contributed by atoms with Gasteiger partial charge in [-0.05, 0) is 51.1 Å². The minimum Gasteiger partial charge on any atom is -0.494 e. The van der Waals surface area contributed by atoms with Gasteiger partial charge < -0.3 is 9.64 Å². The van der Waals surface area contributed by atoms with Crippen molar-refractivity contribution in [2.45, 2.75) is 33.2 Å². The van der Waals surface area contributed by atoms with Crippen LogP contribution in [0.3, 0.4) is 0 Å². The minimum atomic E-state index is 0.588. The molecule has 0 aromatic heterocycles. The monoisotopic (exact) mass is 246 g/mol. The van der Waals surface area contributed by atoms with Crippen LogP contribution in [0.15, 0.2) is 24.3 Å².